The molecule has 1 aliphatic heterocycles. The summed E-state index contributed by atoms with van der Waals surface area (Å²) >= 11 is 1.64. The van der Waals surface area contributed by atoms with E-state index in [0.717, 1.165) is 46.4 Å². The van der Waals surface area contributed by atoms with Gasteiger partial charge in [0.1, 0.15) is 5.69 Å². The molecule has 0 atom stereocenters. The van der Waals surface area contributed by atoms with E-state index in [1.165, 1.54) is 0 Å². The smallest absolute Gasteiger partial charge is 0.243 e. The quantitative estimate of drug-likeness (QED) is 0.504. The first-order chi connectivity index (χ1) is 14.9. The van der Waals surface area contributed by atoms with Crippen molar-refractivity contribution in [2.45, 2.75) is 56.8 Å². The minimum absolute atomic E-state index is 0.281. The zero-order valence-electron chi connectivity index (χ0n) is 18.4. The van der Waals surface area contributed by atoms with Gasteiger partial charge in [-0.2, -0.15) is 9.40 Å². The van der Waals surface area contributed by atoms with Crippen molar-refractivity contribution < 1.29 is 8.42 Å². The fraction of sp³-hybridized carbons (Fsp3) is 0.476. The van der Waals surface area contributed by atoms with E-state index in [1.807, 2.05) is 28.4 Å². The molecule has 3 aromatic rings. The standard InChI is InChI=1S/C21H28N6O2S2/c1-5-15-8-10-16(11-9-15)31(28,29)26-13-12-18-17(14-26)19(24-25(18)4)20-22-23-21(30-7-3)27(20)6-2/h8-11H,5-7,12-14H2,1-4H3. The molecule has 4 rings (SSSR count). The summed E-state index contributed by atoms with van der Waals surface area (Å²) in [6, 6.07) is 7.18. The third-order valence-electron chi connectivity index (χ3n) is 5.69. The van der Waals surface area contributed by atoms with Crippen LogP contribution in [-0.2, 0) is 43.0 Å². The van der Waals surface area contributed by atoms with Gasteiger partial charge < -0.3 is 4.57 Å². The minimum atomic E-state index is -3.59. The Kier molecular flexibility index (Phi) is 6.23. The Morgan fingerprint density at radius 2 is 1.84 bits per heavy atom. The van der Waals surface area contributed by atoms with Gasteiger partial charge in [0.2, 0.25) is 10.0 Å². The Morgan fingerprint density at radius 3 is 2.48 bits per heavy atom. The molecule has 0 spiro atoms. The summed E-state index contributed by atoms with van der Waals surface area (Å²) in [5.41, 5.74) is 3.81. The van der Waals surface area contributed by atoms with E-state index in [1.54, 1.807) is 28.2 Å². The number of thioether (sulfide) groups is 1. The second-order valence-corrected chi connectivity index (χ2v) is 10.6. The van der Waals surface area contributed by atoms with Crippen molar-refractivity contribution in [3.63, 3.8) is 0 Å². The van der Waals surface area contributed by atoms with Crippen LogP contribution in [0.5, 0.6) is 0 Å². The van der Waals surface area contributed by atoms with E-state index in [2.05, 4.69) is 31.0 Å². The lowest BCUT2D eigenvalue weighted by molar-refractivity contribution is 0.386. The van der Waals surface area contributed by atoms with Gasteiger partial charge in [-0.3, -0.25) is 4.68 Å². The van der Waals surface area contributed by atoms with E-state index in [9.17, 15) is 8.42 Å². The SMILES string of the molecule is CCSc1nnc(-c2nn(C)c3c2CN(S(=O)(=O)c2ccc(CC)cc2)CC3)n1CC. The molecule has 0 saturated heterocycles. The summed E-state index contributed by atoms with van der Waals surface area (Å²) < 4.78 is 32.1. The lowest BCUT2D eigenvalue weighted by Gasteiger charge is -2.27. The minimum Gasteiger partial charge on any atom is -0.301 e. The van der Waals surface area contributed by atoms with E-state index >= 15 is 0 Å². The fourth-order valence-corrected chi connectivity index (χ4v) is 6.12. The molecule has 1 aromatic carbocycles. The molecule has 8 nitrogen and oxygen atoms in total. The predicted octanol–water partition coefficient (Wildman–Crippen LogP) is 3.12. The van der Waals surface area contributed by atoms with Gasteiger partial charge in [-0.05, 0) is 36.8 Å². The van der Waals surface area contributed by atoms with Crippen LogP contribution in [0, 0.1) is 0 Å². The highest BCUT2D eigenvalue weighted by atomic mass is 32.2. The summed E-state index contributed by atoms with van der Waals surface area (Å²) in [4.78, 5) is 0.331. The molecule has 0 saturated carbocycles. The molecule has 0 unspecified atom stereocenters. The number of aryl methyl sites for hydroxylation is 2. The average Bonchev–Trinajstić information content (AvgIpc) is 3.34. The van der Waals surface area contributed by atoms with Crippen LogP contribution in [0.15, 0.2) is 34.3 Å². The number of aromatic nitrogens is 5. The number of hydrogen-bond acceptors (Lipinski definition) is 6. The lowest BCUT2D eigenvalue weighted by Crippen LogP contribution is -2.36. The number of sulfonamides is 1. The van der Waals surface area contributed by atoms with Crippen LogP contribution < -0.4 is 0 Å². The maximum Gasteiger partial charge on any atom is 0.243 e. The van der Waals surface area contributed by atoms with Crippen molar-refractivity contribution >= 4 is 21.8 Å². The van der Waals surface area contributed by atoms with E-state index in [-0.39, 0.29) is 6.54 Å². The largest absolute Gasteiger partial charge is 0.301 e. The molecule has 0 amide bonds. The third-order valence-corrected chi connectivity index (χ3v) is 8.40. The molecule has 2 aromatic heterocycles. The molecule has 0 radical (unpaired) electrons. The molecule has 0 fully saturated rings. The average molecular weight is 461 g/mol. The molecular weight excluding hydrogens is 432 g/mol. The Hall–Kier alpha value is -2.17. The first kappa shape index (κ1) is 22.0. The van der Waals surface area contributed by atoms with Gasteiger partial charge in [-0.25, -0.2) is 8.42 Å². The molecule has 10 heteroatoms. The van der Waals surface area contributed by atoms with Crippen LogP contribution in [0.1, 0.15) is 37.6 Å². The van der Waals surface area contributed by atoms with Crippen LogP contribution in [0.3, 0.4) is 0 Å². The lowest BCUT2D eigenvalue weighted by atomic mass is 10.1. The Bertz CT molecular complexity index is 1180. The summed E-state index contributed by atoms with van der Waals surface area (Å²) in [5, 5.41) is 14.3. The van der Waals surface area contributed by atoms with Crippen molar-refractivity contribution in [2.75, 3.05) is 12.3 Å². The van der Waals surface area contributed by atoms with Crippen LogP contribution in [0.4, 0.5) is 0 Å². The summed E-state index contributed by atoms with van der Waals surface area (Å²) in [7, 11) is -1.68. The molecule has 31 heavy (non-hydrogen) atoms. The summed E-state index contributed by atoms with van der Waals surface area (Å²) in [6.45, 7) is 7.63. The van der Waals surface area contributed by atoms with Crippen molar-refractivity contribution in [3.05, 3.63) is 41.1 Å². The molecule has 0 N–H and O–H groups in total. The number of benzene rings is 1. The maximum absolute atomic E-state index is 13.3. The number of nitrogens with zero attached hydrogens (tertiary/aromatic N) is 6. The van der Waals surface area contributed by atoms with Gasteiger partial charge in [0, 0.05) is 44.4 Å². The molecule has 3 heterocycles. The molecule has 166 valence electrons. The third kappa shape index (κ3) is 3.92. The van der Waals surface area contributed by atoms with E-state index < -0.39 is 10.0 Å². The van der Waals surface area contributed by atoms with E-state index in [0.29, 0.717) is 23.7 Å². The number of hydrogen-bond donors (Lipinski definition) is 0. The highest BCUT2D eigenvalue weighted by Gasteiger charge is 2.33. The Labute approximate surface area is 187 Å². The second kappa shape index (κ2) is 8.76. The maximum atomic E-state index is 13.3. The van der Waals surface area contributed by atoms with Gasteiger partial charge in [0.15, 0.2) is 11.0 Å². The topological polar surface area (TPSA) is 85.9 Å². The number of fused-ring (bicyclic) bond motifs is 1. The van der Waals surface area contributed by atoms with Gasteiger partial charge >= 0.3 is 0 Å². The molecular formula is C21H28N6O2S2. The van der Waals surface area contributed by atoms with Crippen molar-refractivity contribution in [2.24, 2.45) is 7.05 Å². The highest BCUT2D eigenvalue weighted by Crippen LogP contribution is 2.32. The van der Waals surface area contributed by atoms with Crippen molar-refractivity contribution in [1.82, 2.24) is 28.9 Å². The van der Waals surface area contributed by atoms with Gasteiger partial charge in [0.05, 0.1) is 4.90 Å². The predicted molar refractivity (Wildman–Crippen MR) is 121 cm³/mol. The summed E-state index contributed by atoms with van der Waals surface area (Å²) in [5.74, 6) is 1.60. The molecule has 0 bridgehead atoms. The normalized spacial score (nSPS) is 14.7. The van der Waals surface area contributed by atoms with Crippen LogP contribution >= 0.6 is 11.8 Å². The molecule has 1 aliphatic rings. The first-order valence-electron chi connectivity index (χ1n) is 10.6. The zero-order chi connectivity index (χ0) is 22.2. The highest BCUT2D eigenvalue weighted by molar-refractivity contribution is 7.99. The second-order valence-electron chi connectivity index (χ2n) is 7.47. The first-order valence-corrected chi connectivity index (χ1v) is 13.0. The van der Waals surface area contributed by atoms with Crippen LogP contribution in [-0.4, -0.2) is 49.6 Å². The number of rotatable bonds is 7. The van der Waals surface area contributed by atoms with Gasteiger partial charge in [0.25, 0.3) is 0 Å². The fourth-order valence-electron chi connectivity index (χ4n) is 3.98. The van der Waals surface area contributed by atoms with Gasteiger partial charge in [-0.1, -0.05) is 37.7 Å². The van der Waals surface area contributed by atoms with Crippen LogP contribution in [0.25, 0.3) is 11.5 Å². The van der Waals surface area contributed by atoms with E-state index in [4.69, 9.17) is 5.10 Å². The van der Waals surface area contributed by atoms with Crippen molar-refractivity contribution in [3.8, 4) is 11.5 Å². The summed E-state index contributed by atoms with van der Waals surface area (Å²) in [6.07, 6.45) is 1.49. The zero-order valence-corrected chi connectivity index (χ0v) is 20.0. The van der Waals surface area contributed by atoms with Crippen LogP contribution in [0.2, 0.25) is 0 Å². The molecule has 0 aliphatic carbocycles. The Balaban J connectivity index is 1.71. The van der Waals surface area contributed by atoms with Crippen molar-refractivity contribution in [1.29, 1.82) is 0 Å². The monoisotopic (exact) mass is 460 g/mol. The Morgan fingerprint density at radius 1 is 1.10 bits per heavy atom. The van der Waals surface area contributed by atoms with Gasteiger partial charge in [-0.15, -0.1) is 10.2 Å².